The standard InChI is InChI=1S/C15H25NO2/c1-12-6-5-7-13(10-12)14(16)11-17-8-9-18-15(2,3)4/h5-7,10,14H,8-9,11,16H2,1-4H3. The lowest BCUT2D eigenvalue weighted by Crippen LogP contribution is -2.23. The van der Waals surface area contributed by atoms with Crippen molar-refractivity contribution in [3.63, 3.8) is 0 Å². The van der Waals surface area contributed by atoms with Gasteiger partial charge in [0, 0.05) is 0 Å². The summed E-state index contributed by atoms with van der Waals surface area (Å²) in [7, 11) is 0. The number of aryl methyl sites for hydroxylation is 1. The second-order valence-corrected chi connectivity index (χ2v) is 5.56. The summed E-state index contributed by atoms with van der Waals surface area (Å²) < 4.78 is 11.1. The van der Waals surface area contributed by atoms with Gasteiger partial charge in [0.2, 0.25) is 0 Å². The Labute approximate surface area is 110 Å². The summed E-state index contributed by atoms with van der Waals surface area (Å²) in [5.41, 5.74) is 8.30. The average molecular weight is 251 g/mol. The molecule has 0 amide bonds. The largest absolute Gasteiger partial charge is 0.377 e. The highest BCUT2D eigenvalue weighted by atomic mass is 16.5. The van der Waals surface area contributed by atoms with E-state index >= 15 is 0 Å². The molecule has 0 spiro atoms. The van der Waals surface area contributed by atoms with E-state index in [9.17, 15) is 0 Å². The van der Waals surface area contributed by atoms with Crippen molar-refractivity contribution >= 4 is 0 Å². The molecule has 0 radical (unpaired) electrons. The fourth-order valence-corrected chi connectivity index (χ4v) is 1.61. The van der Waals surface area contributed by atoms with Crippen molar-refractivity contribution in [3.8, 4) is 0 Å². The van der Waals surface area contributed by atoms with E-state index in [4.69, 9.17) is 15.2 Å². The Kier molecular flexibility index (Phi) is 5.79. The third-order valence-corrected chi connectivity index (χ3v) is 2.53. The number of rotatable bonds is 6. The number of hydrogen-bond donors (Lipinski definition) is 1. The van der Waals surface area contributed by atoms with Crippen molar-refractivity contribution < 1.29 is 9.47 Å². The van der Waals surface area contributed by atoms with Gasteiger partial charge in [0.1, 0.15) is 0 Å². The van der Waals surface area contributed by atoms with Gasteiger partial charge in [0.05, 0.1) is 31.5 Å². The van der Waals surface area contributed by atoms with Crippen molar-refractivity contribution in [1.82, 2.24) is 0 Å². The van der Waals surface area contributed by atoms with Gasteiger partial charge in [0.15, 0.2) is 0 Å². The highest BCUT2D eigenvalue weighted by Gasteiger charge is 2.10. The molecule has 0 fully saturated rings. The van der Waals surface area contributed by atoms with Gasteiger partial charge in [-0.05, 0) is 33.3 Å². The van der Waals surface area contributed by atoms with Crippen LogP contribution >= 0.6 is 0 Å². The quantitative estimate of drug-likeness (QED) is 0.791. The lowest BCUT2D eigenvalue weighted by atomic mass is 10.1. The molecule has 0 saturated heterocycles. The molecular weight excluding hydrogens is 226 g/mol. The SMILES string of the molecule is Cc1cccc(C(N)COCCOC(C)(C)C)c1. The first-order valence-corrected chi connectivity index (χ1v) is 6.42. The number of benzene rings is 1. The fraction of sp³-hybridized carbons (Fsp3) is 0.600. The highest BCUT2D eigenvalue weighted by Crippen LogP contribution is 2.12. The number of nitrogens with two attached hydrogens (primary N) is 1. The molecule has 0 aliphatic heterocycles. The van der Waals surface area contributed by atoms with Crippen LogP contribution in [-0.4, -0.2) is 25.4 Å². The molecule has 0 heterocycles. The molecule has 2 N–H and O–H groups in total. The smallest absolute Gasteiger partial charge is 0.0707 e. The highest BCUT2D eigenvalue weighted by molar-refractivity contribution is 5.24. The average Bonchev–Trinajstić information content (AvgIpc) is 2.26. The van der Waals surface area contributed by atoms with Gasteiger partial charge >= 0.3 is 0 Å². The summed E-state index contributed by atoms with van der Waals surface area (Å²) in [6.07, 6.45) is 0. The molecule has 0 bridgehead atoms. The maximum absolute atomic E-state index is 6.07. The van der Waals surface area contributed by atoms with Crippen LogP contribution in [0.2, 0.25) is 0 Å². The van der Waals surface area contributed by atoms with Crippen LogP contribution in [0.25, 0.3) is 0 Å². The Bertz CT molecular complexity index is 358. The van der Waals surface area contributed by atoms with Crippen LogP contribution < -0.4 is 5.73 Å². The van der Waals surface area contributed by atoms with Crippen LogP contribution in [0.1, 0.15) is 37.9 Å². The van der Waals surface area contributed by atoms with E-state index in [-0.39, 0.29) is 11.6 Å². The topological polar surface area (TPSA) is 44.5 Å². The third kappa shape index (κ3) is 6.15. The van der Waals surface area contributed by atoms with Crippen LogP contribution in [0.4, 0.5) is 0 Å². The number of hydrogen-bond acceptors (Lipinski definition) is 3. The normalized spacial score (nSPS) is 13.6. The van der Waals surface area contributed by atoms with Crippen molar-refractivity contribution in [1.29, 1.82) is 0 Å². The molecule has 3 nitrogen and oxygen atoms in total. The van der Waals surface area contributed by atoms with Gasteiger partial charge in [-0.1, -0.05) is 29.8 Å². The van der Waals surface area contributed by atoms with Gasteiger partial charge in [-0.15, -0.1) is 0 Å². The van der Waals surface area contributed by atoms with E-state index in [2.05, 4.69) is 19.1 Å². The zero-order valence-electron chi connectivity index (χ0n) is 11.9. The third-order valence-electron chi connectivity index (χ3n) is 2.53. The Morgan fingerprint density at radius 1 is 1.22 bits per heavy atom. The Morgan fingerprint density at radius 3 is 2.56 bits per heavy atom. The minimum atomic E-state index is -0.109. The van der Waals surface area contributed by atoms with Gasteiger partial charge < -0.3 is 15.2 Å². The summed E-state index contributed by atoms with van der Waals surface area (Å²) >= 11 is 0. The van der Waals surface area contributed by atoms with E-state index in [0.29, 0.717) is 19.8 Å². The first-order valence-electron chi connectivity index (χ1n) is 6.42. The van der Waals surface area contributed by atoms with Crippen LogP contribution in [0.3, 0.4) is 0 Å². The molecule has 1 rings (SSSR count). The molecule has 0 aliphatic rings. The van der Waals surface area contributed by atoms with E-state index in [0.717, 1.165) is 5.56 Å². The van der Waals surface area contributed by atoms with Crippen molar-refractivity contribution in [2.45, 2.75) is 39.3 Å². The van der Waals surface area contributed by atoms with E-state index in [1.54, 1.807) is 0 Å². The summed E-state index contributed by atoms with van der Waals surface area (Å²) in [6, 6.07) is 8.15. The Hall–Kier alpha value is -0.900. The first kappa shape index (κ1) is 15.2. The summed E-state index contributed by atoms with van der Waals surface area (Å²) in [5.74, 6) is 0. The molecule has 3 heteroatoms. The molecule has 1 aromatic carbocycles. The predicted molar refractivity (Wildman–Crippen MR) is 74.6 cm³/mol. The molecular formula is C15H25NO2. The second kappa shape index (κ2) is 6.88. The summed E-state index contributed by atoms with van der Waals surface area (Å²) in [5, 5.41) is 0. The lowest BCUT2D eigenvalue weighted by Gasteiger charge is -2.20. The molecule has 0 aromatic heterocycles. The zero-order valence-corrected chi connectivity index (χ0v) is 11.9. The van der Waals surface area contributed by atoms with Crippen LogP contribution in [0.15, 0.2) is 24.3 Å². The maximum Gasteiger partial charge on any atom is 0.0707 e. The molecule has 1 unspecified atom stereocenters. The van der Waals surface area contributed by atoms with Crippen molar-refractivity contribution in [2.75, 3.05) is 19.8 Å². The molecule has 102 valence electrons. The van der Waals surface area contributed by atoms with Crippen LogP contribution in [0.5, 0.6) is 0 Å². The first-order chi connectivity index (χ1) is 8.38. The Morgan fingerprint density at radius 2 is 1.94 bits per heavy atom. The lowest BCUT2D eigenvalue weighted by molar-refractivity contribution is -0.0363. The maximum atomic E-state index is 6.07. The van der Waals surface area contributed by atoms with E-state index < -0.39 is 0 Å². The molecule has 18 heavy (non-hydrogen) atoms. The van der Waals surface area contributed by atoms with E-state index in [1.807, 2.05) is 32.9 Å². The molecule has 0 saturated carbocycles. The van der Waals surface area contributed by atoms with Gasteiger partial charge in [-0.2, -0.15) is 0 Å². The minimum absolute atomic E-state index is 0.0699. The van der Waals surface area contributed by atoms with E-state index in [1.165, 1.54) is 5.56 Å². The molecule has 0 aliphatic carbocycles. The molecule has 1 atom stereocenters. The van der Waals surface area contributed by atoms with Gasteiger partial charge in [-0.25, -0.2) is 0 Å². The van der Waals surface area contributed by atoms with Crippen molar-refractivity contribution in [2.24, 2.45) is 5.73 Å². The summed E-state index contributed by atoms with van der Waals surface area (Å²) in [6.45, 7) is 9.87. The zero-order chi connectivity index (χ0) is 13.6. The monoisotopic (exact) mass is 251 g/mol. The van der Waals surface area contributed by atoms with Gasteiger partial charge in [-0.3, -0.25) is 0 Å². The summed E-state index contributed by atoms with van der Waals surface area (Å²) in [4.78, 5) is 0. The molecule has 1 aromatic rings. The number of ether oxygens (including phenoxy) is 2. The predicted octanol–water partition coefficient (Wildman–Crippen LogP) is 2.83. The van der Waals surface area contributed by atoms with Crippen LogP contribution in [0, 0.1) is 6.92 Å². The second-order valence-electron chi connectivity index (χ2n) is 5.56. The fourth-order valence-electron chi connectivity index (χ4n) is 1.61. The van der Waals surface area contributed by atoms with Gasteiger partial charge in [0.25, 0.3) is 0 Å². The Balaban J connectivity index is 2.23. The van der Waals surface area contributed by atoms with Crippen molar-refractivity contribution in [3.05, 3.63) is 35.4 Å². The minimum Gasteiger partial charge on any atom is -0.377 e. The van der Waals surface area contributed by atoms with Crippen LogP contribution in [-0.2, 0) is 9.47 Å².